The second-order valence-electron chi connectivity index (χ2n) is 18.9. The van der Waals surface area contributed by atoms with Crippen LogP contribution in [-0.4, -0.2) is 37.2 Å². The van der Waals surface area contributed by atoms with E-state index in [0.717, 1.165) is 89.9 Å². The van der Waals surface area contributed by atoms with Crippen molar-refractivity contribution in [1.82, 2.24) is 0 Å². The van der Waals surface area contributed by atoms with Gasteiger partial charge < -0.3 is 14.2 Å². The molecule has 0 fully saturated rings. The lowest BCUT2D eigenvalue weighted by Crippen LogP contribution is -2.30. The Bertz CT molecular complexity index is 1140. The van der Waals surface area contributed by atoms with Gasteiger partial charge in [-0.3, -0.25) is 14.4 Å². The van der Waals surface area contributed by atoms with Crippen LogP contribution < -0.4 is 0 Å². The Kier molecular flexibility index (Phi) is 51.8. The maximum Gasteiger partial charge on any atom is 0.306 e. The molecule has 1 atom stereocenters. The van der Waals surface area contributed by atoms with Crippen LogP contribution in [0, 0.1) is 0 Å². The lowest BCUT2D eigenvalue weighted by atomic mass is 10.0. The first kappa shape index (κ1) is 62.4. The van der Waals surface area contributed by atoms with Crippen molar-refractivity contribution in [3.63, 3.8) is 0 Å². The molecule has 0 spiro atoms. The smallest absolute Gasteiger partial charge is 0.306 e. The molecular weight excluding hydrogens is 805 g/mol. The minimum absolute atomic E-state index is 0.0789. The summed E-state index contributed by atoms with van der Waals surface area (Å²) in [6, 6.07) is 0. The number of unbranched alkanes of at least 4 members (excludes halogenated alkanes) is 33. The zero-order valence-electron chi connectivity index (χ0n) is 43.3. The van der Waals surface area contributed by atoms with E-state index in [4.69, 9.17) is 14.2 Å². The van der Waals surface area contributed by atoms with E-state index in [1.54, 1.807) is 0 Å². The predicted octanol–water partition coefficient (Wildman–Crippen LogP) is 18.7. The van der Waals surface area contributed by atoms with Gasteiger partial charge in [-0.1, -0.05) is 243 Å². The Morgan fingerprint density at radius 1 is 0.323 bits per heavy atom. The quantitative estimate of drug-likeness (QED) is 0.0199. The molecule has 0 aliphatic rings. The third-order valence-corrected chi connectivity index (χ3v) is 12.3. The number of hydrogen-bond acceptors (Lipinski definition) is 6. The highest BCUT2D eigenvalue weighted by Gasteiger charge is 2.19. The average Bonchev–Trinajstić information content (AvgIpc) is 3.30. The van der Waals surface area contributed by atoms with Crippen molar-refractivity contribution in [3.05, 3.63) is 48.6 Å². The van der Waals surface area contributed by atoms with Crippen LogP contribution >= 0.6 is 0 Å². The third-order valence-electron chi connectivity index (χ3n) is 12.3. The van der Waals surface area contributed by atoms with E-state index < -0.39 is 6.10 Å². The van der Waals surface area contributed by atoms with Gasteiger partial charge in [0.2, 0.25) is 0 Å². The summed E-state index contributed by atoms with van der Waals surface area (Å²) in [6.07, 6.45) is 65.2. The van der Waals surface area contributed by atoms with Crippen LogP contribution in [0.15, 0.2) is 48.6 Å². The van der Waals surface area contributed by atoms with Crippen molar-refractivity contribution in [2.75, 3.05) is 13.2 Å². The summed E-state index contributed by atoms with van der Waals surface area (Å²) < 4.78 is 16.8. The molecule has 0 N–H and O–H groups in total. The summed E-state index contributed by atoms with van der Waals surface area (Å²) in [6.45, 7) is 6.61. The first-order valence-electron chi connectivity index (χ1n) is 28.2. The first-order chi connectivity index (χ1) is 32.0. The second kappa shape index (κ2) is 54.0. The zero-order chi connectivity index (χ0) is 47.2. The average molecular weight is 911 g/mol. The molecule has 0 aromatic rings. The number of carbonyl (C=O) groups is 3. The Balaban J connectivity index is 4.38. The molecule has 0 aromatic carbocycles. The highest BCUT2D eigenvalue weighted by molar-refractivity contribution is 5.71. The zero-order valence-corrected chi connectivity index (χ0v) is 43.3. The molecule has 0 heterocycles. The summed E-state index contributed by atoms with van der Waals surface area (Å²) in [5, 5.41) is 0. The van der Waals surface area contributed by atoms with Crippen LogP contribution in [0.5, 0.6) is 0 Å². The summed E-state index contributed by atoms with van der Waals surface area (Å²) >= 11 is 0. The topological polar surface area (TPSA) is 78.9 Å². The molecular formula is C59H106O6. The highest BCUT2D eigenvalue weighted by atomic mass is 16.6. The molecule has 0 aromatic heterocycles. The lowest BCUT2D eigenvalue weighted by molar-refractivity contribution is -0.167. The van der Waals surface area contributed by atoms with E-state index in [-0.39, 0.29) is 31.1 Å². The molecule has 378 valence electrons. The van der Waals surface area contributed by atoms with E-state index in [2.05, 4.69) is 69.4 Å². The van der Waals surface area contributed by atoms with E-state index in [0.29, 0.717) is 19.3 Å². The second-order valence-corrected chi connectivity index (χ2v) is 18.9. The van der Waals surface area contributed by atoms with Crippen molar-refractivity contribution >= 4 is 17.9 Å². The number of allylic oxidation sites excluding steroid dienone is 8. The van der Waals surface area contributed by atoms with Gasteiger partial charge in [0, 0.05) is 19.3 Å². The van der Waals surface area contributed by atoms with Gasteiger partial charge in [-0.25, -0.2) is 0 Å². The van der Waals surface area contributed by atoms with Crippen LogP contribution in [0.3, 0.4) is 0 Å². The third kappa shape index (κ3) is 52.2. The van der Waals surface area contributed by atoms with Crippen molar-refractivity contribution in [1.29, 1.82) is 0 Å². The molecule has 0 bridgehead atoms. The Morgan fingerprint density at radius 3 is 0.969 bits per heavy atom. The Labute approximate surface area is 403 Å². The maximum absolute atomic E-state index is 12.8. The van der Waals surface area contributed by atoms with Gasteiger partial charge in [-0.2, -0.15) is 0 Å². The number of rotatable bonds is 51. The minimum atomic E-state index is -0.781. The number of hydrogen-bond donors (Lipinski definition) is 0. The number of esters is 3. The highest BCUT2D eigenvalue weighted by Crippen LogP contribution is 2.15. The normalized spacial score (nSPS) is 12.4. The van der Waals surface area contributed by atoms with Crippen LogP contribution in [0.4, 0.5) is 0 Å². The largest absolute Gasteiger partial charge is 0.462 e. The van der Waals surface area contributed by atoms with Crippen LogP contribution in [-0.2, 0) is 28.6 Å². The van der Waals surface area contributed by atoms with Crippen molar-refractivity contribution in [2.45, 2.75) is 297 Å². The van der Waals surface area contributed by atoms with Gasteiger partial charge in [0.1, 0.15) is 13.2 Å². The van der Waals surface area contributed by atoms with E-state index in [9.17, 15) is 14.4 Å². The molecule has 0 rings (SSSR count). The molecule has 0 radical (unpaired) electrons. The van der Waals surface area contributed by atoms with Crippen LogP contribution in [0.25, 0.3) is 0 Å². The van der Waals surface area contributed by atoms with Gasteiger partial charge in [0.05, 0.1) is 0 Å². The SMILES string of the molecule is CCCCC/C=C\C/C=C\CCCCCCCCCC(=O)OC(COC(=O)CCCCCCC/C=C\C=C/CCCCCCCCC)COC(=O)CCCCCCCCCCCCCC. The molecule has 0 amide bonds. The fourth-order valence-electron chi connectivity index (χ4n) is 8.05. The number of carbonyl (C=O) groups excluding carboxylic acids is 3. The maximum atomic E-state index is 12.8. The van der Waals surface area contributed by atoms with Crippen molar-refractivity contribution < 1.29 is 28.6 Å². The Hall–Kier alpha value is -2.63. The molecule has 0 saturated carbocycles. The fraction of sp³-hybridized carbons (Fsp3) is 0.814. The number of ether oxygens (including phenoxy) is 3. The van der Waals surface area contributed by atoms with Crippen LogP contribution in [0.1, 0.15) is 290 Å². The summed E-state index contributed by atoms with van der Waals surface area (Å²) in [7, 11) is 0. The first-order valence-corrected chi connectivity index (χ1v) is 28.2. The molecule has 0 aliphatic carbocycles. The lowest BCUT2D eigenvalue weighted by Gasteiger charge is -2.18. The monoisotopic (exact) mass is 911 g/mol. The molecule has 65 heavy (non-hydrogen) atoms. The standard InChI is InChI=1S/C59H106O6/c1-4-7-10-13-16-19-22-25-27-29-31-32-34-37-40-43-46-49-52-58(61)64-55-56(54-63-57(60)51-48-45-42-39-36-24-21-18-15-12-9-6-3)65-59(62)53-50-47-44-41-38-35-33-30-28-26-23-20-17-14-11-8-5-2/h17,20,26-29,31-32,56H,4-16,18-19,21-25,30,33-55H2,1-3H3/b20-17-,28-26-,29-27-,32-31-. The van der Waals surface area contributed by atoms with E-state index in [1.165, 1.54) is 161 Å². The summed E-state index contributed by atoms with van der Waals surface area (Å²) in [5.74, 6) is -0.891. The van der Waals surface area contributed by atoms with Crippen molar-refractivity contribution in [2.24, 2.45) is 0 Å². The van der Waals surface area contributed by atoms with Crippen LogP contribution in [0.2, 0.25) is 0 Å². The predicted molar refractivity (Wildman–Crippen MR) is 279 cm³/mol. The molecule has 6 heteroatoms. The van der Waals surface area contributed by atoms with Gasteiger partial charge in [-0.15, -0.1) is 0 Å². The molecule has 0 saturated heterocycles. The molecule has 1 unspecified atom stereocenters. The van der Waals surface area contributed by atoms with E-state index >= 15 is 0 Å². The van der Waals surface area contributed by atoms with Crippen molar-refractivity contribution in [3.8, 4) is 0 Å². The van der Waals surface area contributed by atoms with Gasteiger partial charge in [0.25, 0.3) is 0 Å². The van der Waals surface area contributed by atoms with Gasteiger partial charge in [0.15, 0.2) is 6.10 Å². The van der Waals surface area contributed by atoms with Gasteiger partial charge >= 0.3 is 17.9 Å². The summed E-state index contributed by atoms with van der Waals surface area (Å²) in [4.78, 5) is 38.1. The summed E-state index contributed by atoms with van der Waals surface area (Å²) in [5.41, 5.74) is 0. The van der Waals surface area contributed by atoms with E-state index in [1.807, 2.05) is 0 Å². The fourth-order valence-corrected chi connectivity index (χ4v) is 8.05. The molecule has 0 aliphatic heterocycles. The molecule has 6 nitrogen and oxygen atoms in total. The van der Waals surface area contributed by atoms with Gasteiger partial charge in [-0.05, 0) is 77.0 Å². The minimum Gasteiger partial charge on any atom is -0.462 e. The Morgan fingerprint density at radius 2 is 0.600 bits per heavy atom.